The van der Waals surface area contributed by atoms with Gasteiger partial charge in [0, 0.05) is 22.1 Å². The zero-order valence-electron chi connectivity index (χ0n) is 14.2. The Labute approximate surface area is 146 Å². The van der Waals surface area contributed by atoms with E-state index in [4.69, 9.17) is 16.0 Å². The van der Waals surface area contributed by atoms with Gasteiger partial charge in [-0.05, 0) is 48.8 Å². The van der Waals surface area contributed by atoms with Gasteiger partial charge in [-0.15, -0.1) is 0 Å². The molecule has 4 heteroatoms. The van der Waals surface area contributed by atoms with Gasteiger partial charge in [0.2, 0.25) is 5.89 Å². The normalized spacial score (nSPS) is 13.4. The number of rotatable bonds is 4. The van der Waals surface area contributed by atoms with E-state index < -0.39 is 0 Å². The van der Waals surface area contributed by atoms with Crippen molar-refractivity contribution in [1.29, 1.82) is 0 Å². The maximum absolute atomic E-state index is 6.18. The molecule has 0 bridgehead atoms. The van der Waals surface area contributed by atoms with Crippen molar-refractivity contribution in [2.45, 2.75) is 33.2 Å². The van der Waals surface area contributed by atoms with Crippen molar-refractivity contribution < 1.29 is 4.42 Å². The molecule has 1 aromatic carbocycles. The number of hydrogen-bond acceptors (Lipinski definition) is 2. The molecule has 0 aliphatic carbocycles. The minimum Gasteiger partial charge on any atom is -0.439 e. The molecule has 0 saturated carbocycles. The topological polar surface area (TPSA) is 31.0 Å². The zero-order valence-corrected chi connectivity index (χ0v) is 15.0. The van der Waals surface area contributed by atoms with Crippen molar-refractivity contribution in [2.24, 2.45) is 0 Å². The van der Waals surface area contributed by atoms with Crippen LogP contribution in [0.3, 0.4) is 0 Å². The first-order chi connectivity index (χ1) is 11.5. The van der Waals surface area contributed by atoms with Gasteiger partial charge in [-0.1, -0.05) is 38.1 Å². The first kappa shape index (κ1) is 16.6. The molecule has 0 aliphatic heterocycles. The maximum Gasteiger partial charge on any atom is 0.215 e. The minimum absolute atomic E-state index is 0.418. The summed E-state index contributed by atoms with van der Waals surface area (Å²) in [4.78, 5) is 4.57. The van der Waals surface area contributed by atoms with E-state index in [9.17, 15) is 0 Å². The first-order valence-electron chi connectivity index (χ1n) is 8.06. The van der Waals surface area contributed by atoms with Gasteiger partial charge >= 0.3 is 0 Å². The molecular weight excluding hydrogens is 320 g/mol. The number of hydrogen-bond donors (Lipinski definition) is 0. The highest BCUT2D eigenvalue weighted by molar-refractivity contribution is 6.31. The largest absolute Gasteiger partial charge is 0.439 e. The van der Waals surface area contributed by atoms with Crippen LogP contribution in [0.25, 0.3) is 23.1 Å². The highest BCUT2D eigenvalue weighted by Crippen LogP contribution is 2.30. The highest BCUT2D eigenvalue weighted by Gasteiger charge is 2.13. The van der Waals surface area contributed by atoms with Crippen LogP contribution in [0, 0.1) is 0 Å². The number of benzene rings is 1. The number of allylic oxidation sites excluding steroid dienone is 1. The molecule has 0 saturated heterocycles. The molecule has 0 aliphatic rings. The third-order valence-electron chi connectivity index (χ3n) is 4.06. The molecule has 2 aromatic heterocycles. The molecule has 124 valence electrons. The van der Waals surface area contributed by atoms with Gasteiger partial charge in [0.05, 0.1) is 6.54 Å². The fraction of sp³-hybridized carbons (Fsp3) is 0.250. The average molecular weight is 341 g/mol. The van der Waals surface area contributed by atoms with Crippen LogP contribution in [0.2, 0.25) is 5.02 Å². The van der Waals surface area contributed by atoms with Gasteiger partial charge in [0.15, 0.2) is 5.42 Å². The predicted molar refractivity (Wildman–Crippen MR) is 101 cm³/mol. The summed E-state index contributed by atoms with van der Waals surface area (Å²) in [6.45, 7) is 10.6. The molecule has 0 radical (unpaired) electrons. The summed E-state index contributed by atoms with van der Waals surface area (Å²) < 4.78 is 8.04. The van der Waals surface area contributed by atoms with E-state index in [0.717, 1.165) is 21.3 Å². The third kappa shape index (κ3) is 3.04. The molecular formula is C20H21ClN2O. The highest BCUT2D eigenvalue weighted by atomic mass is 35.5. The van der Waals surface area contributed by atoms with Crippen LogP contribution < -0.4 is 10.8 Å². The molecule has 0 atom stereocenters. The molecule has 3 rings (SSSR count). The van der Waals surface area contributed by atoms with Gasteiger partial charge in [-0.2, -0.15) is 0 Å². The first-order valence-corrected chi connectivity index (χ1v) is 8.44. The van der Waals surface area contributed by atoms with Gasteiger partial charge in [-0.25, -0.2) is 4.98 Å². The smallest absolute Gasteiger partial charge is 0.215 e. The van der Waals surface area contributed by atoms with E-state index in [1.165, 1.54) is 10.9 Å². The Morgan fingerprint density at radius 1 is 1.38 bits per heavy atom. The molecule has 0 unspecified atom stereocenters. The summed E-state index contributed by atoms with van der Waals surface area (Å²) in [6.07, 6.45) is 7.66. The van der Waals surface area contributed by atoms with Crippen LogP contribution in [0.5, 0.6) is 0 Å². The quantitative estimate of drug-likeness (QED) is 0.712. The second-order valence-corrected chi connectivity index (χ2v) is 6.51. The van der Waals surface area contributed by atoms with E-state index in [0.29, 0.717) is 18.4 Å². The maximum atomic E-state index is 6.18. The van der Waals surface area contributed by atoms with E-state index in [2.05, 4.69) is 42.2 Å². The van der Waals surface area contributed by atoms with Crippen molar-refractivity contribution >= 4 is 34.7 Å². The summed E-state index contributed by atoms with van der Waals surface area (Å²) in [5, 5.41) is 2.75. The summed E-state index contributed by atoms with van der Waals surface area (Å²) >= 11 is 6.18. The molecule has 0 fully saturated rings. The van der Waals surface area contributed by atoms with Crippen molar-refractivity contribution in [3.8, 4) is 0 Å². The number of oxazole rings is 1. The van der Waals surface area contributed by atoms with Crippen molar-refractivity contribution in [3.05, 3.63) is 64.3 Å². The van der Waals surface area contributed by atoms with Crippen LogP contribution in [0.1, 0.15) is 38.1 Å². The SMILES string of the molecule is C=C/C=c1/nc(Cn2cc(C(C)C)c3cc(Cl)ccc32)o/c1=C/C. The number of fused-ring (bicyclic) bond motifs is 1. The summed E-state index contributed by atoms with van der Waals surface area (Å²) in [6, 6.07) is 6.00. The summed E-state index contributed by atoms with van der Waals surface area (Å²) in [5.74, 6) is 1.10. The van der Waals surface area contributed by atoms with E-state index in [1.54, 1.807) is 6.08 Å². The molecule has 0 spiro atoms. The van der Waals surface area contributed by atoms with Gasteiger partial charge in [-0.3, -0.25) is 0 Å². The molecule has 2 heterocycles. The predicted octanol–water partition coefficient (Wildman–Crippen LogP) is 4.22. The Balaban J connectivity index is 2.11. The van der Waals surface area contributed by atoms with Crippen molar-refractivity contribution in [1.82, 2.24) is 9.55 Å². The van der Waals surface area contributed by atoms with Crippen molar-refractivity contribution in [3.63, 3.8) is 0 Å². The lowest BCUT2D eigenvalue weighted by Gasteiger charge is -2.02. The van der Waals surface area contributed by atoms with Gasteiger partial charge in [0.25, 0.3) is 0 Å². The van der Waals surface area contributed by atoms with Crippen LogP contribution in [-0.4, -0.2) is 9.55 Å². The Morgan fingerprint density at radius 3 is 2.83 bits per heavy atom. The molecule has 24 heavy (non-hydrogen) atoms. The van der Waals surface area contributed by atoms with E-state index >= 15 is 0 Å². The molecule has 0 N–H and O–H groups in total. The lowest BCUT2D eigenvalue weighted by atomic mass is 10.0. The molecule has 3 nitrogen and oxygen atoms in total. The lowest BCUT2D eigenvalue weighted by molar-refractivity contribution is 0.457. The average Bonchev–Trinajstić information content (AvgIpc) is 3.09. The van der Waals surface area contributed by atoms with Crippen LogP contribution >= 0.6 is 11.6 Å². The minimum atomic E-state index is 0.418. The molecule has 3 aromatic rings. The standard InChI is InChI=1S/C20H21ClN2O/c1-5-7-17-19(6-2)24-20(22-17)12-23-11-16(13(3)4)15-10-14(21)8-9-18(15)23/h5-11,13H,1,12H2,2-4H3/b17-7+,19-6+. The van der Waals surface area contributed by atoms with Gasteiger partial charge in [0.1, 0.15) is 5.35 Å². The zero-order chi connectivity index (χ0) is 17.3. The lowest BCUT2D eigenvalue weighted by Crippen LogP contribution is -2.20. The van der Waals surface area contributed by atoms with Crippen LogP contribution in [0.15, 0.2) is 41.5 Å². The Morgan fingerprint density at radius 2 is 2.17 bits per heavy atom. The Hall–Kier alpha value is -2.26. The van der Waals surface area contributed by atoms with Crippen molar-refractivity contribution in [2.75, 3.05) is 0 Å². The van der Waals surface area contributed by atoms with Gasteiger partial charge < -0.3 is 8.98 Å². The van der Waals surface area contributed by atoms with E-state index in [-0.39, 0.29) is 0 Å². The second kappa shape index (κ2) is 6.70. The number of nitrogens with zero attached hydrogens (tertiary/aromatic N) is 2. The molecule has 0 amide bonds. The van der Waals surface area contributed by atoms with Crippen LogP contribution in [0.4, 0.5) is 0 Å². The fourth-order valence-electron chi connectivity index (χ4n) is 2.93. The second-order valence-electron chi connectivity index (χ2n) is 6.08. The fourth-order valence-corrected chi connectivity index (χ4v) is 3.10. The Bertz CT molecular complexity index is 1010. The summed E-state index contributed by atoms with van der Waals surface area (Å²) in [7, 11) is 0. The monoisotopic (exact) mass is 340 g/mol. The third-order valence-corrected chi connectivity index (χ3v) is 4.30. The summed E-state index contributed by atoms with van der Waals surface area (Å²) in [5.41, 5.74) is 3.19. The van der Waals surface area contributed by atoms with E-state index in [1.807, 2.05) is 31.2 Å². The van der Waals surface area contributed by atoms with Crippen LogP contribution in [-0.2, 0) is 6.54 Å². The number of aromatic nitrogens is 2. The Kier molecular flexibility index (Phi) is 4.63. The number of halogens is 1.